The molecule has 5 aromatic rings. The first kappa shape index (κ1) is 17.9. The van der Waals surface area contributed by atoms with Crippen molar-refractivity contribution in [1.82, 2.24) is 14.9 Å². The van der Waals surface area contributed by atoms with Gasteiger partial charge in [0.05, 0.1) is 10.2 Å². The van der Waals surface area contributed by atoms with E-state index >= 15 is 0 Å². The average molecular weight is 400 g/mol. The third-order valence-electron chi connectivity index (χ3n) is 4.95. The largest absolute Gasteiger partial charge is 0.431 e. The Balaban J connectivity index is 1.32. The van der Waals surface area contributed by atoms with E-state index in [9.17, 15) is 0 Å². The summed E-state index contributed by atoms with van der Waals surface area (Å²) in [6, 6.07) is 24.8. The summed E-state index contributed by atoms with van der Waals surface area (Å²) < 4.78 is 7.15. The van der Waals surface area contributed by atoms with Crippen molar-refractivity contribution in [3.63, 3.8) is 0 Å². The predicted octanol–water partition coefficient (Wildman–Crippen LogP) is 6.20. The number of para-hydroxylation sites is 1. The molecule has 0 saturated heterocycles. The van der Waals surface area contributed by atoms with Gasteiger partial charge >= 0.3 is 0 Å². The molecule has 0 amide bonds. The number of nitrogens with one attached hydrogen (secondary N) is 1. The van der Waals surface area contributed by atoms with Crippen molar-refractivity contribution >= 4 is 32.5 Å². The van der Waals surface area contributed by atoms with Crippen LogP contribution in [0, 0.1) is 0 Å². The molecule has 0 unspecified atom stereocenters. The molecule has 0 spiro atoms. The van der Waals surface area contributed by atoms with Gasteiger partial charge in [-0.15, -0.1) is 0 Å². The molecule has 3 aromatic carbocycles. The zero-order valence-electron chi connectivity index (χ0n) is 16.1. The second kappa shape index (κ2) is 7.70. The van der Waals surface area contributed by atoms with Crippen LogP contribution in [0.3, 0.4) is 0 Å². The highest BCUT2D eigenvalue weighted by Crippen LogP contribution is 2.32. The van der Waals surface area contributed by atoms with E-state index in [0.717, 1.165) is 34.6 Å². The fourth-order valence-corrected chi connectivity index (χ4v) is 4.43. The fraction of sp³-hybridized carbons (Fsp3) is 0.125. The Bertz CT molecular complexity index is 1230. The molecule has 0 aliphatic rings. The molecule has 0 aliphatic heterocycles. The molecule has 2 heterocycles. The Morgan fingerprint density at radius 1 is 0.966 bits per heavy atom. The highest BCUT2D eigenvalue weighted by atomic mass is 32.1. The van der Waals surface area contributed by atoms with Crippen LogP contribution in [0.1, 0.15) is 11.1 Å². The van der Waals surface area contributed by atoms with Crippen LogP contribution in [0.25, 0.3) is 21.1 Å². The summed E-state index contributed by atoms with van der Waals surface area (Å²) in [4.78, 5) is 10.3. The van der Waals surface area contributed by atoms with Crippen LogP contribution in [0.2, 0.25) is 0 Å². The van der Waals surface area contributed by atoms with Gasteiger partial charge in [0.15, 0.2) is 0 Å². The Morgan fingerprint density at radius 2 is 1.79 bits per heavy atom. The molecule has 0 bridgehead atoms. The molecule has 144 valence electrons. The summed E-state index contributed by atoms with van der Waals surface area (Å²) in [5.74, 6) is 0.794. The van der Waals surface area contributed by atoms with Gasteiger partial charge in [0, 0.05) is 36.3 Å². The molecule has 0 atom stereocenters. The van der Waals surface area contributed by atoms with Crippen LogP contribution < -0.4 is 4.74 Å². The normalized spacial score (nSPS) is 11.5. The second-order valence-electron chi connectivity index (χ2n) is 7.23. The minimum Gasteiger partial charge on any atom is -0.431 e. The molecule has 0 saturated carbocycles. The predicted molar refractivity (Wildman–Crippen MR) is 120 cm³/mol. The maximum absolute atomic E-state index is 6.02. The number of aromatic amines is 1. The van der Waals surface area contributed by atoms with Crippen molar-refractivity contribution in [3.05, 3.63) is 90.1 Å². The van der Waals surface area contributed by atoms with Gasteiger partial charge in [-0.2, -0.15) is 0 Å². The first-order valence-corrected chi connectivity index (χ1v) is 10.4. The molecule has 0 radical (unpaired) electrons. The number of nitrogens with zero attached hydrogens (tertiary/aromatic N) is 2. The molecule has 5 heteroatoms. The van der Waals surface area contributed by atoms with E-state index in [1.807, 2.05) is 30.3 Å². The van der Waals surface area contributed by atoms with Crippen molar-refractivity contribution in [2.45, 2.75) is 13.1 Å². The van der Waals surface area contributed by atoms with E-state index < -0.39 is 0 Å². The summed E-state index contributed by atoms with van der Waals surface area (Å²) in [6.07, 6.45) is 2.09. The van der Waals surface area contributed by atoms with Crippen molar-refractivity contribution in [3.8, 4) is 10.9 Å². The molecule has 4 nitrogen and oxygen atoms in total. The van der Waals surface area contributed by atoms with E-state index in [0.29, 0.717) is 5.19 Å². The number of thiazole rings is 1. The molecule has 0 aliphatic carbocycles. The topological polar surface area (TPSA) is 41.2 Å². The summed E-state index contributed by atoms with van der Waals surface area (Å²) in [7, 11) is 2.15. The van der Waals surface area contributed by atoms with Gasteiger partial charge < -0.3 is 9.72 Å². The van der Waals surface area contributed by atoms with Gasteiger partial charge in [0.2, 0.25) is 0 Å². The third kappa shape index (κ3) is 3.88. The number of ether oxygens (including phenoxy) is 1. The smallest absolute Gasteiger partial charge is 0.279 e. The Labute approximate surface area is 173 Å². The zero-order valence-corrected chi connectivity index (χ0v) is 16.9. The maximum atomic E-state index is 6.02. The highest BCUT2D eigenvalue weighted by molar-refractivity contribution is 7.20. The standard InChI is InChI=1S/C24H21N3OS/c1-27(15-17-7-3-2-4-8-17)16-18-14-25-22-13-19(11-12-20(18)22)28-24-26-21-9-5-6-10-23(21)29-24/h2-14,25H,15-16H2,1H3. The van der Waals surface area contributed by atoms with E-state index in [2.05, 4.69) is 70.6 Å². The van der Waals surface area contributed by atoms with Gasteiger partial charge in [0.25, 0.3) is 5.19 Å². The minimum absolute atomic E-state index is 0.667. The number of hydrogen-bond acceptors (Lipinski definition) is 4. The molecular weight excluding hydrogens is 378 g/mol. The molecule has 2 aromatic heterocycles. The van der Waals surface area contributed by atoms with Gasteiger partial charge in [-0.25, -0.2) is 4.98 Å². The monoisotopic (exact) mass is 399 g/mol. The van der Waals surface area contributed by atoms with Gasteiger partial charge in [-0.05, 0) is 42.4 Å². The molecule has 29 heavy (non-hydrogen) atoms. The van der Waals surface area contributed by atoms with Crippen molar-refractivity contribution in [2.24, 2.45) is 0 Å². The number of H-pyrrole nitrogens is 1. The first-order valence-electron chi connectivity index (χ1n) is 9.60. The number of benzene rings is 3. The van der Waals surface area contributed by atoms with E-state index in [4.69, 9.17) is 4.74 Å². The SMILES string of the molecule is CN(Cc1ccccc1)Cc1c[nH]c2cc(Oc3nc4ccccc4s3)ccc12. The third-order valence-corrected chi connectivity index (χ3v) is 5.87. The number of aromatic nitrogens is 2. The zero-order chi connectivity index (χ0) is 19.6. The average Bonchev–Trinajstić information content (AvgIpc) is 3.32. The lowest BCUT2D eigenvalue weighted by atomic mass is 10.1. The molecule has 1 N–H and O–H groups in total. The Morgan fingerprint density at radius 3 is 2.66 bits per heavy atom. The number of hydrogen-bond donors (Lipinski definition) is 1. The van der Waals surface area contributed by atoms with Crippen LogP contribution in [0.5, 0.6) is 10.9 Å². The van der Waals surface area contributed by atoms with Crippen molar-refractivity contribution in [2.75, 3.05) is 7.05 Å². The lowest BCUT2D eigenvalue weighted by molar-refractivity contribution is 0.320. The van der Waals surface area contributed by atoms with Crippen LogP contribution in [0.4, 0.5) is 0 Å². The fourth-order valence-electron chi connectivity index (χ4n) is 3.60. The van der Waals surface area contributed by atoms with Crippen LogP contribution in [-0.4, -0.2) is 21.9 Å². The summed E-state index contributed by atoms with van der Waals surface area (Å²) >= 11 is 1.56. The lowest BCUT2D eigenvalue weighted by Gasteiger charge is -2.16. The summed E-state index contributed by atoms with van der Waals surface area (Å²) in [5, 5.41) is 1.89. The molecular formula is C24H21N3OS. The first-order chi connectivity index (χ1) is 14.2. The quantitative estimate of drug-likeness (QED) is 0.369. The van der Waals surface area contributed by atoms with Gasteiger partial charge in [0.1, 0.15) is 5.75 Å². The minimum atomic E-state index is 0.667. The lowest BCUT2D eigenvalue weighted by Crippen LogP contribution is -2.16. The molecule has 0 fully saturated rings. The van der Waals surface area contributed by atoms with Gasteiger partial charge in [-0.3, -0.25) is 4.90 Å². The highest BCUT2D eigenvalue weighted by Gasteiger charge is 2.10. The van der Waals surface area contributed by atoms with Crippen LogP contribution >= 0.6 is 11.3 Å². The number of fused-ring (bicyclic) bond motifs is 2. The maximum Gasteiger partial charge on any atom is 0.279 e. The Kier molecular flexibility index (Phi) is 4.76. The van der Waals surface area contributed by atoms with Crippen molar-refractivity contribution in [1.29, 1.82) is 0 Å². The molecule has 5 rings (SSSR count). The van der Waals surface area contributed by atoms with Gasteiger partial charge in [-0.1, -0.05) is 53.8 Å². The van der Waals surface area contributed by atoms with Crippen LogP contribution in [-0.2, 0) is 13.1 Å². The number of rotatable bonds is 6. The Hall–Kier alpha value is -3.15. The van der Waals surface area contributed by atoms with Crippen LogP contribution in [0.15, 0.2) is 79.0 Å². The van der Waals surface area contributed by atoms with E-state index in [1.54, 1.807) is 11.3 Å². The summed E-state index contributed by atoms with van der Waals surface area (Å²) in [6.45, 7) is 1.80. The van der Waals surface area contributed by atoms with E-state index in [1.165, 1.54) is 16.5 Å². The van der Waals surface area contributed by atoms with E-state index in [-0.39, 0.29) is 0 Å². The second-order valence-corrected chi connectivity index (χ2v) is 8.22. The summed E-state index contributed by atoms with van der Waals surface area (Å²) in [5.41, 5.74) is 4.65. The van der Waals surface area contributed by atoms with Crippen molar-refractivity contribution < 1.29 is 4.74 Å².